The summed E-state index contributed by atoms with van der Waals surface area (Å²) in [6.45, 7) is 4.19. The average Bonchev–Trinajstić information content (AvgIpc) is 2.44. The third kappa shape index (κ3) is 4.64. The van der Waals surface area contributed by atoms with Crippen molar-refractivity contribution in [2.75, 3.05) is 6.61 Å². The summed E-state index contributed by atoms with van der Waals surface area (Å²) in [5.41, 5.74) is -1.25. The van der Waals surface area contributed by atoms with Gasteiger partial charge in [0.05, 0.1) is 11.0 Å². The highest BCUT2D eigenvalue weighted by Crippen LogP contribution is 2.21. The topological polar surface area (TPSA) is 79.2 Å². The lowest BCUT2D eigenvalue weighted by Gasteiger charge is -2.26. The first-order valence-electron chi connectivity index (χ1n) is 6.57. The molecular weight excluding hydrogens is 314 g/mol. The van der Waals surface area contributed by atoms with Gasteiger partial charge in [-0.3, -0.25) is 0 Å². The van der Waals surface area contributed by atoms with Crippen molar-refractivity contribution in [1.29, 1.82) is 5.26 Å². The summed E-state index contributed by atoms with van der Waals surface area (Å²) in [5, 5.41) is 9.16. The molecule has 0 spiro atoms. The average molecular weight is 332 g/mol. The Balaban J connectivity index is 2.93. The van der Waals surface area contributed by atoms with E-state index < -0.39 is 28.6 Å². The Labute approximate surface area is 128 Å². The van der Waals surface area contributed by atoms with Gasteiger partial charge in [-0.15, -0.1) is 0 Å². The molecule has 0 unspecified atom stereocenters. The minimum Gasteiger partial charge on any atom is -0.488 e. The highest BCUT2D eigenvalue weighted by molar-refractivity contribution is 7.89. The summed E-state index contributed by atoms with van der Waals surface area (Å²) >= 11 is 0. The Morgan fingerprint density at radius 2 is 1.86 bits per heavy atom. The molecule has 22 heavy (non-hydrogen) atoms. The molecule has 122 valence electrons. The number of nitrogens with zero attached hydrogens (tertiary/aromatic N) is 1. The van der Waals surface area contributed by atoms with E-state index in [0.29, 0.717) is 0 Å². The van der Waals surface area contributed by atoms with Crippen LogP contribution in [0.1, 0.15) is 20.8 Å². The van der Waals surface area contributed by atoms with Gasteiger partial charge < -0.3 is 4.74 Å². The van der Waals surface area contributed by atoms with Gasteiger partial charge in [-0.1, -0.05) is 13.8 Å². The molecule has 0 radical (unpaired) electrons. The van der Waals surface area contributed by atoms with Gasteiger partial charge in [0.2, 0.25) is 10.0 Å². The quantitative estimate of drug-likeness (QED) is 0.832. The van der Waals surface area contributed by atoms with Gasteiger partial charge in [-0.05, 0) is 37.1 Å². The van der Waals surface area contributed by atoms with Crippen LogP contribution < -0.4 is 9.46 Å². The molecule has 0 aromatic heterocycles. The van der Waals surface area contributed by atoms with E-state index in [1.165, 1.54) is 31.2 Å². The first kappa shape index (κ1) is 18.3. The molecule has 0 amide bonds. The first-order chi connectivity index (χ1) is 10.1. The fourth-order valence-electron chi connectivity index (χ4n) is 1.48. The highest BCUT2D eigenvalue weighted by atomic mass is 32.2. The fraction of sp³-hybridized carbons (Fsp3) is 0.500. The van der Waals surface area contributed by atoms with Crippen LogP contribution in [0, 0.1) is 17.2 Å². The molecular formula is C14H18F2N2O3S. The van der Waals surface area contributed by atoms with Crippen LogP contribution in [0.5, 0.6) is 5.75 Å². The SMILES string of the molecule is CC(C)[C@@](C)(C#N)NS(=O)(=O)c1ccc(OCC(F)F)cc1. The number of ether oxygens (including phenoxy) is 1. The van der Waals surface area contributed by atoms with Crippen LogP contribution in [-0.4, -0.2) is 27.0 Å². The second-order valence-corrected chi connectivity index (χ2v) is 6.93. The van der Waals surface area contributed by atoms with Crippen molar-refractivity contribution in [3.63, 3.8) is 0 Å². The van der Waals surface area contributed by atoms with Gasteiger partial charge in [0, 0.05) is 0 Å². The van der Waals surface area contributed by atoms with Crippen molar-refractivity contribution in [1.82, 2.24) is 4.72 Å². The predicted octanol–water partition coefficient (Wildman–Crippen LogP) is 2.55. The van der Waals surface area contributed by atoms with Gasteiger partial charge in [-0.2, -0.15) is 9.98 Å². The number of benzene rings is 1. The zero-order chi connectivity index (χ0) is 17.0. The molecule has 0 aliphatic rings. The summed E-state index contributed by atoms with van der Waals surface area (Å²) in [7, 11) is -3.90. The van der Waals surface area contributed by atoms with Gasteiger partial charge >= 0.3 is 0 Å². The van der Waals surface area contributed by atoms with E-state index in [4.69, 9.17) is 10.00 Å². The highest BCUT2D eigenvalue weighted by Gasteiger charge is 2.33. The van der Waals surface area contributed by atoms with Gasteiger partial charge in [0.1, 0.15) is 17.9 Å². The van der Waals surface area contributed by atoms with E-state index in [1.807, 2.05) is 6.07 Å². The molecule has 0 saturated carbocycles. The summed E-state index contributed by atoms with van der Waals surface area (Å²) in [4.78, 5) is -0.0704. The maximum absolute atomic E-state index is 12.3. The molecule has 0 heterocycles. The van der Waals surface area contributed by atoms with Crippen LogP contribution >= 0.6 is 0 Å². The number of hydrogen-bond acceptors (Lipinski definition) is 4. The monoisotopic (exact) mass is 332 g/mol. The Morgan fingerprint density at radius 1 is 1.32 bits per heavy atom. The van der Waals surface area contributed by atoms with E-state index in [1.54, 1.807) is 13.8 Å². The maximum Gasteiger partial charge on any atom is 0.272 e. The van der Waals surface area contributed by atoms with E-state index in [2.05, 4.69) is 4.72 Å². The molecule has 1 aromatic rings. The molecule has 0 aliphatic heterocycles. The third-order valence-electron chi connectivity index (χ3n) is 3.24. The van der Waals surface area contributed by atoms with Crippen LogP contribution in [0.15, 0.2) is 29.2 Å². The molecule has 1 rings (SSSR count). The minimum atomic E-state index is -3.90. The van der Waals surface area contributed by atoms with Crippen LogP contribution in [-0.2, 0) is 10.0 Å². The molecule has 1 atom stereocenters. The normalized spacial score (nSPS) is 14.6. The maximum atomic E-state index is 12.3. The lowest BCUT2D eigenvalue weighted by molar-refractivity contribution is 0.0819. The number of nitrogens with one attached hydrogen (secondary N) is 1. The van der Waals surface area contributed by atoms with Gasteiger partial charge in [-0.25, -0.2) is 17.2 Å². The standard InChI is InChI=1S/C14H18F2N2O3S/c1-10(2)14(3,9-17)18-22(19,20)12-6-4-11(5-7-12)21-8-13(15)16/h4-7,10,13,18H,8H2,1-3H3/t14-/m1/s1. The second kappa shape index (κ2) is 7.03. The van der Waals surface area contributed by atoms with E-state index in [9.17, 15) is 17.2 Å². The molecule has 8 heteroatoms. The van der Waals surface area contributed by atoms with Gasteiger partial charge in [0.25, 0.3) is 6.43 Å². The van der Waals surface area contributed by atoms with Crippen molar-refractivity contribution in [3.05, 3.63) is 24.3 Å². The van der Waals surface area contributed by atoms with Crippen LogP contribution in [0.2, 0.25) is 0 Å². The van der Waals surface area contributed by atoms with Crippen LogP contribution in [0.25, 0.3) is 0 Å². The number of nitriles is 1. The summed E-state index contributed by atoms with van der Waals surface area (Å²) < 4.78 is 55.7. The van der Waals surface area contributed by atoms with Crippen molar-refractivity contribution >= 4 is 10.0 Å². The lowest BCUT2D eigenvalue weighted by atomic mass is 9.92. The fourth-order valence-corrected chi connectivity index (χ4v) is 2.93. The Morgan fingerprint density at radius 3 is 2.27 bits per heavy atom. The summed E-state index contributed by atoms with van der Waals surface area (Å²) in [6, 6.07) is 7.00. The Bertz CT molecular complexity index is 639. The van der Waals surface area contributed by atoms with Crippen molar-refractivity contribution in [3.8, 4) is 11.8 Å². The number of alkyl halides is 2. The minimum absolute atomic E-state index is 0.0704. The Kier molecular flexibility index (Phi) is 5.85. The van der Waals surface area contributed by atoms with Crippen molar-refractivity contribution in [2.24, 2.45) is 5.92 Å². The zero-order valence-corrected chi connectivity index (χ0v) is 13.3. The van der Waals surface area contributed by atoms with Gasteiger partial charge in [0.15, 0.2) is 0 Å². The van der Waals surface area contributed by atoms with E-state index in [0.717, 1.165) is 0 Å². The molecule has 1 N–H and O–H groups in total. The summed E-state index contributed by atoms with van der Waals surface area (Å²) in [5.74, 6) is -0.0907. The molecule has 1 aromatic carbocycles. The molecule has 0 bridgehead atoms. The molecule has 5 nitrogen and oxygen atoms in total. The lowest BCUT2D eigenvalue weighted by Crippen LogP contribution is -2.48. The predicted molar refractivity (Wildman–Crippen MR) is 77.1 cm³/mol. The second-order valence-electron chi connectivity index (χ2n) is 5.25. The van der Waals surface area contributed by atoms with Crippen molar-refractivity contribution < 1.29 is 21.9 Å². The first-order valence-corrected chi connectivity index (χ1v) is 8.05. The third-order valence-corrected chi connectivity index (χ3v) is 4.83. The van der Waals surface area contributed by atoms with Crippen molar-refractivity contribution in [2.45, 2.75) is 37.6 Å². The number of hydrogen-bond donors (Lipinski definition) is 1. The van der Waals surface area contributed by atoms with Crippen LogP contribution in [0.4, 0.5) is 8.78 Å². The summed E-state index contributed by atoms with van der Waals surface area (Å²) in [6.07, 6.45) is -2.60. The number of rotatable bonds is 7. The zero-order valence-electron chi connectivity index (χ0n) is 12.5. The molecule has 0 saturated heterocycles. The number of halogens is 2. The molecule has 0 aliphatic carbocycles. The molecule has 0 fully saturated rings. The largest absolute Gasteiger partial charge is 0.488 e. The van der Waals surface area contributed by atoms with E-state index in [-0.39, 0.29) is 16.6 Å². The Hall–Kier alpha value is -1.72. The van der Waals surface area contributed by atoms with E-state index >= 15 is 0 Å². The smallest absolute Gasteiger partial charge is 0.272 e. The number of sulfonamides is 1. The van der Waals surface area contributed by atoms with Crippen LogP contribution in [0.3, 0.4) is 0 Å².